The first kappa shape index (κ1) is 15.0. The van der Waals surface area contributed by atoms with Crippen LogP contribution in [0.2, 0.25) is 0 Å². The third kappa shape index (κ3) is 4.32. The van der Waals surface area contributed by atoms with Gasteiger partial charge in [-0.15, -0.1) is 5.10 Å². The fraction of sp³-hybridized carbons (Fsp3) is 0.438. The van der Waals surface area contributed by atoms with Crippen molar-refractivity contribution in [3.05, 3.63) is 41.7 Å². The first-order valence-electron chi connectivity index (χ1n) is 7.35. The van der Waals surface area contributed by atoms with Gasteiger partial charge < -0.3 is 4.74 Å². The van der Waals surface area contributed by atoms with Crippen LogP contribution in [0.25, 0.3) is 0 Å². The van der Waals surface area contributed by atoms with E-state index in [1.807, 2.05) is 30.3 Å². The summed E-state index contributed by atoms with van der Waals surface area (Å²) in [5.41, 5.74) is 1.10. The van der Waals surface area contributed by atoms with Crippen molar-refractivity contribution in [3.8, 4) is 11.8 Å². The molecule has 0 aliphatic heterocycles. The Morgan fingerprint density at radius 1 is 1.19 bits per heavy atom. The van der Waals surface area contributed by atoms with Crippen LogP contribution in [0.4, 0.5) is 0 Å². The molecule has 5 heteroatoms. The van der Waals surface area contributed by atoms with Crippen LogP contribution in [-0.2, 0) is 13.2 Å². The van der Waals surface area contributed by atoms with Gasteiger partial charge in [0.15, 0.2) is 5.69 Å². The molecule has 0 fully saturated rings. The summed E-state index contributed by atoms with van der Waals surface area (Å²) in [6, 6.07) is 11.6. The fourth-order valence-electron chi connectivity index (χ4n) is 2.10. The molecule has 110 valence electrons. The molecule has 1 aromatic carbocycles. The van der Waals surface area contributed by atoms with E-state index in [0.717, 1.165) is 30.8 Å². The maximum atomic E-state index is 9.12. The second-order valence-electron chi connectivity index (χ2n) is 4.88. The second-order valence-corrected chi connectivity index (χ2v) is 4.88. The Labute approximate surface area is 125 Å². The van der Waals surface area contributed by atoms with E-state index in [-0.39, 0.29) is 0 Å². The van der Waals surface area contributed by atoms with Crippen LogP contribution in [0.3, 0.4) is 0 Å². The minimum Gasteiger partial charge on any atom is -0.487 e. The van der Waals surface area contributed by atoms with E-state index in [2.05, 4.69) is 23.3 Å². The highest BCUT2D eigenvalue weighted by atomic mass is 16.5. The normalized spacial score (nSPS) is 10.3. The summed E-state index contributed by atoms with van der Waals surface area (Å²) in [5.74, 6) is 0.778. The van der Waals surface area contributed by atoms with Gasteiger partial charge in [0.1, 0.15) is 24.1 Å². The Morgan fingerprint density at radius 3 is 2.71 bits per heavy atom. The van der Waals surface area contributed by atoms with E-state index in [0.29, 0.717) is 12.3 Å². The number of nitriles is 1. The van der Waals surface area contributed by atoms with Crippen LogP contribution >= 0.6 is 0 Å². The average Bonchev–Trinajstić information content (AvgIpc) is 2.92. The molecule has 2 aromatic rings. The standard InChI is InChI=1S/C16H20N4O/c1-2-3-4-8-11-20-16(15(12-17)18-19-20)13-21-14-9-6-5-7-10-14/h5-7,9-10H,2-4,8,11,13H2,1H3. The molecule has 1 aromatic heterocycles. The fourth-order valence-corrected chi connectivity index (χ4v) is 2.10. The molecule has 2 rings (SSSR count). The highest BCUT2D eigenvalue weighted by Gasteiger charge is 2.13. The van der Waals surface area contributed by atoms with Crippen molar-refractivity contribution >= 4 is 0 Å². The van der Waals surface area contributed by atoms with E-state index < -0.39 is 0 Å². The van der Waals surface area contributed by atoms with Crippen LogP contribution < -0.4 is 4.74 Å². The number of unbranched alkanes of at least 4 members (excludes halogenated alkanes) is 3. The molecule has 0 radical (unpaired) electrons. The van der Waals surface area contributed by atoms with Gasteiger partial charge in [-0.25, -0.2) is 4.68 Å². The van der Waals surface area contributed by atoms with Gasteiger partial charge in [-0.3, -0.25) is 0 Å². The Bertz CT molecular complexity index is 586. The molecule has 0 bridgehead atoms. The van der Waals surface area contributed by atoms with Gasteiger partial charge in [0.2, 0.25) is 0 Å². The Kier molecular flexibility index (Phi) is 5.77. The van der Waals surface area contributed by atoms with E-state index in [4.69, 9.17) is 10.00 Å². The van der Waals surface area contributed by atoms with Crippen molar-refractivity contribution in [2.75, 3.05) is 0 Å². The summed E-state index contributed by atoms with van der Waals surface area (Å²) in [6.45, 7) is 3.28. The lowest BCUT2D eigenvalue weighted by atomic mass is 10.2. The van der Waals surface area contributed by atoms with Crippen LogP contribution in [0.15, 0.2) is 30.3 Å². The molecule has 0 atom stereocenters. The van der Waals surface area contributed by atoms with E-state index in [1.165, 1.54) is 12.8 Å². The van der Waals surface area contributed by atoms with E-state index >= 15 is 0 Å². The van der Waals surface area contributed by atoms with Crippen molar-refractivity contribution in [1.82, 2.24) is 15.0 Å². The molecule has 0 unspecified atom stereocenters. The molecule has 5 nitrogen and oxygen atoms in total. The number of aromatic nitrogens is 3. The van der Waals surface area contributed by atoms with Gasteiger partial charge in [-0.2, -0.15) is 5.26 Å². The van der Waals surface area contributed by atoms with Crippen molar-refractivity contribution in [3.63, 3.8) is 0 Å². The largest absolute Gasteiger partial charge is 0.487 e. The predicted octanol–water partition coefficient (Wildman–Crippen LogP) is 3.31. The van der Waals surface area contributed by atoms with Gasteiger partial charge >= 0.3 is 0 Å². The number of ether oxygens (including phenoxy) is 1. The third-order valence-corrected chi connectivity index (χ3v) is 3.29. The summed E-state index contributed by atoms with van der Waals surface area (Å²) in [4.78, 5) is 0. The lowest BCUT2D eigenvalue weighted by molar-refractivity contribution is 0.290. The molecule has 0 N–H and O–H groups in total. The molecule has 0 spiro atoms. The predicted molar refractivity (Wildman–Crippen MR) is 79.7 cm³/mol. The molecule has 0 aliphatic carbocycles. The van der Waals surface area contributed by atoms with Gasteiger partial charge in [-0.1, -0.05) is 49.6 Å². The third-order valence-electron chi connectivity index (χ3n) is 3.29. The Balaban J connectivity index is 1.99. The highest BCUT2D eigenvalue weighted by Crippen LogP contribution is 2.14. The smallest absolute Gasteiger partial charge is 0.189 e. The number of nitrogens with zero attached hydrogens (tertiary/aromatic N) is 4. The molecule has 0 saturated heterocycles. The minimum atomic E-state index is 0.313. The number of benzene rings is 1. The van der Waals surface area contributed by atoms with Gasteiger partial charge in [-0.05, 0) is 18.6 Å². The summed E-state index contributed by atoms with van der Waals surface area (Å²) in [5, 5.41) is 17.1. The topological polar surface area (TPSA) is 63.7 Å². The minimum absolute atomic E-state index is 0.313. The van der Waals surface area contributed by atoms with E-state index in [9.17, 15) is 0 Å². The maximum Gasteiger partial charge on any atom is 0.189 e. The van der Waals surface area contributed by atoms with Crippen LogP contribution in [-0.4, -0.2) is 15.0 Å². The van der Waals surface area contributed by atoms with Gasteiger partial charge in [0, 0.05) is 6.54 Å². The Hall–Kier alpha value is -2.35. The monoisotopic (exact) mass is 284 g/mol. The summed E-state index contributed by atoms with van der Waals surface area (Å²) in [6.07, 6.45) is 4.62. The first-order valence-corrected chi connectivity index (χ1v) is 7.35. The first-order chi connectivity index (χ1) is 10.3. The quantitative estimate of drug-likeness (QED) is 0.698. The molecule has 0 amide bonds. The zero-order chi connectivity index (χ0) is 14.9. The number of hydrogen-bond acceptors (Lipinski definition) is 4. The molecule has 0 saturated carbocycles. The van der Waals surface area contributed by atoms with Crippen LogP contribution in [0.1, 0.15) is 44.0 Å². The molecule has 21 heavy (non-hydrogen) atoms. The van der Waals surface area contributed by atoms with Crippen molar-refractivity contribution in [1.29, 1.82) is 5.26 Å². The van der Waals surface area contributed by atoms with Crippen molar-refractivity contribution < 1.29 is 4.74 Å². The van der Waals surface area contributed by atoms with Crippen LogP contribution in [0, 0.1) is 11.3 Å². The maximum absolute atomic E-state index is 9.12. The van der Waals surface area contributed by atoms with Crippen molar-refractivity contribution in [2.24, 2.45) is 0 Å². The van der Waals surface area contributed by atoms with Crippen LogP contribution in [0.5, 0.6) is 5.75 Å². The molecule has 1 heterocycles. The van der Waals surface area contributed by atoms with Crippen molar-refractivity contribution in [2.45, 2.75) is 45.8 Å². The lowest BCUT2D eigenvalue weighted by Crippen LogP contribution is -2.09. The number of hydrogen-bond donors (Lipinski definition) is 0. The number of aryl methyl sites for hydroxylation is 1. The molecular formula is C16H20N4O. The average molecular weight is 284 g/mol. The summed E-state index contributed by atoms with van der Waals surface area (Å²) >= 11 is 0. The highest BCUT2D eigenvalue weighted by molar-refractivity contribution is 5.26. The summed E-state index contributed by atoms with van der Waals surface area (Å²) in [7, 11) is 0. The lowest BCUT2D eigenvalue weighted by Gasteiger charge is -2.08. The number of para-hydroxylation sites is 1. The van der Waals surface area contributed by atoms with E-state index in [1.54, 1.807) is 4.68 Å². The second kappa shape index (κ2) is 8.05. The number of rotatable bonds is 8. The zero-order valence-corrected chi connectivity index (χ0v) is 12.3. The molecular weight excluding hydrogens is 264 g/mol. The van der Waals surface area contributed by atoms with Gasteiger partial charge in [0.05, 0.1) is 0 Å². The zero-order valence-electron chi connectivity index (χ0n) is 12.3. The Morgan fingerprint density at radius 2 is 2.00 bits per heavy atom. The summed E-state index contributed by atoms with van der Waals surface area (Å²) < 4.78 is 7.50. The SMILES string of the molecule is CCCCCCn1nnc(C#N)c1COc1ccccc1. The van der Waals surface area contributed by atoms with Gasteiger partial charge in [0.25, 0.3) is 0 Å². The molecule has 0 aliphatic rings.